The fraction of sp³-hybridized carbons (Fsp3) is 0.444. The molecule has 0 spiro atoms. The molecule has 1 aliphatic rings. The standard InChI is InChI=1S/C18H22N2O2S/c1-2-22-15-10-8-13(9-11-15)16-12-23-18(19-16)20-17(21)14-6-4-3-5-7-14/h8-12,14H,2-7H2,1H3,(H,19,20,21). The molecule has 0 aliphatic heterocycles. The average Bonchev–Trinajstić information content (AvgIpc) is 3.05. The molecule has 0 atom stereocenters. The largest absolute Gasteiger partial charge is 0.494 e. The number of benzene rings is 1. The summed E-state index contributed by atoms with van der Waals surface area (Å²) >= 11 is 1.48. The van der Waals surface area contributed by atoms with E-state index in [1.165, 1.54) is 17.8 Å². The van der Waals surface area contributed by atoms with Crippen molar-refractivity contribution in [3.05, 3.63) is 29.6 Å². The first-order valence-corrected chi connectivity index (χ1v) is 9.14. The number of anilines is 1. The van der Waals surface area contributed by atoms with Crippen LogP contribution in [0.5, 0.6) is 5.75 Å². The van der Waals surface area contributed by atoms with Gasteiger partial charge in [0.1, 0.15) is 5.75 Å². The molecule has 4 nitrogen and oxygen atoms in total. The maximum absolute atomic E-state index is 12.3. The van der Waals surface area contributed by atoms with Crippen molar-refractivity contribution >= 4 is 22.4 Å². The van der Waals surface area contributed by atoms with Crippen molar-refractivity contribution in [2.45, 2.75) is 39.0 Å². The van der Waals surface area contributed by atoms with Gasteiger partial charge in [-0.2, -0.15) is 0 Å². The van der Waals surface area contributed by atoms with Gasteiger partial charge in [0.2, 0.25) is 5.91 Å². The van der Waals surface area contributed by atoms with Gasteiger partial charge in [0.15, 0.2) is 5.13 Å². The summed E-state index contributed by atoms with van der Waals surface area (Å²) in [6.45, 7) is 2.63. The minimum absolute atomic E-state index is 0.122. The zero-order chi connectivity index (χ0) is 16.1. The molecule has 1 fully saturated rings. The Balaban J connectivity index is 1.64. The molecule has 2 aromatic rings. The van der Waals surface area contributed by atoms with Crippen LogP contribution >= 0.6 is 11.3 Å². The van der Waals surface area contributed by atoms with E-state index in [4.69, 9.17) is 4.74 Å². The molecule has 0 unspecified atom stereocenters. The number of rotatable bonds is 5. The summed E-state index contributed by atoms with van der Waals surface area (Å²) in [6.07, 6.45) is 5.58. The van der Waals surface area contributed by atoms with Crippen LogP contribution in [-0.4, -0.2) is 17.5 Å². The molecular formula is C18H22N2O2S. The van der Waals surface area contributed by atoms with Gasteiger partial charge in [-0.05, 0) is 44.0 Å². The molecule has 0 radical (unpaired) electrons. The normalized spacial score (nSPS) is 15.3. The van der Waals surface area contributed by atoms with Crippen LogP contribution in [0.1, 0.15) is 39.0 Å². The van der Waals surface area contributed by atoms with Gasteiger partial charge >= 0.3 is 0 Å². The molecule has 0 bridgehead atoms. The van der Waals surface area contributed by atoms with Crippen LogP contribution in [0.15, 0.2) is 29.6 Å². The van der Waals surface area contributed by atoms with Gasteiger partial charge in [0.25, 0.3) is 0 Å². The number of hydrogen-bond acceptors (Lipinski definition) is 4. The fourth-order valence-electron chi connectivity index (χ4n) is 2.92. The van der Waals surface area contributed by atoms with Crippen LogP contribution in [0.4, 0.5) is 5.13 Å². The molecule has 1 aromatic heterocycles. The number of ether oxygens (including phenoxy) is 1. The van der Waals surface area contributed by atoms with Crippen LogP contribution in [0.2, 0.25) is 0 Å². The van der Waals surface area contributed by atoms with E-state index in [2.05, 4.69) is 10.3 Å². The molecule has 1 N–H and O–H groups in total. The number of carbonyl (C=O) groups excluding carboxylic acids is 1. The highest BCUT2D eigenvalue weighted by Gasteiger charge is 2.21. The highest BCUT2D eigenvalue weighted by Crippen LogP contribution is 2.29. The fourth-order valence-corrected chi connectivity index (χ4v) is 3.65. The van der Waals surface area contributed by atoms with Gasteiger partial charge in [-0.3, -0.25) is 4.79 Å². The van der Waals surface area contributed by atoms with Crippen LogP contribution < -0.4 is 10.1 Å². The predicted molar refractivity (Wildman–Crippen MR) is 93.9 cm³/mol. The Morgan fingerprint density at radius 3 is 2.70 bits per heavy atom. The van der Waals surface area contributed by atoms with Crippen LogP contribution in [0.3, 0.4) is 0 Å². The van der Waals surface area contributed by atoms with Crippen molar-refractivity contribution in [3.8, 4) is 17.0 Å². The molecule has 0 saturated heterocycles. The van der Waals surface area contributed by atoms with E-state index in [9.17, 15) is 4.79 Å². The number of thiazole rings is 1. The van der Waals surface area contributed by atoms with Gasteiger partial charge in [-0.25, -0.2) is 4.98 Å². The van der Waals surface area contributed by atoms with Crippen LogP contribution in [0.25, 0.3) is 11.3 Å². The van der Waals surface area contributed by atoms with E-state index >= 15 is 0 Å². The molecule has 1 saturated carbocycles. The van der Waals surface area contributed by atoms with E-state index in [-0.39, 0.29) is 11.8 Å². The van der Waals surface area contributed by atoms with E-state index in [0.717, 1.165) is 42.7 Å². The van der Waals surface area contributed by atoms with Crippen molar-refractivity contribution in [2.24, 2.45) is 5.92 Å². The lowest BCUT2D eigenvalue weighted by Crippen LogP contribution is -2.24. The number of aromatic nitrogens is 1. The molecule has 23 heavy (non-hydrogen) atoms. The minimum atomic E-state index is 0.122. The summed E-state index contributed by atoms with van der Waals surface area (Å²) in [7, 11) is 0. The molecular weight excluding hydrogens is 308 g/mol. The summed E-state index contributed by atoms with van der Waals surface area (Å²) in [6, 6.07) is 7.87. The van der Waals surface area contributed by atoms with E-state index in [1.807, 2.05) is 36.6 Å². The molecule has 1 heterocycles. The highest BCUT2D eigenvalue weighted by atomic mass is 32.1. The Bertz CT molecular complexity index is 645. The first-order valence-electron chi connectivity index (χ1n) is 8.26. The highest BCUT2D eigenvalue weighted by molar-refractivity contribution is 7.14. The Labute approximate surface area is 140 Å². The summed E-state index contributed by atoms with van der Waals surface area (Å²) in [5.41, 5.74) is 1.92. The van der Waals surface area contributed by atoms with Gasteiger partial charge in [0, 0.05) is 16.9 Å². The van der Waals surface area contributed by atoms with Gasteiger partial charge in [0.05, 0.1) is 12.3 Å². The van der Waals surface area contributed by atoms with Gasteiger partial charge < -0.3 is 10.1 Å². The van der Waals surface area contributed by atoms with E-state index < -0.39 is 0 Å². The molecule has 5 heteroatoms. The van der Waals surface area contributed by atoms with Crippen LogP contribution in [0, 0.1) is 5.92 Å². The number of nitrogens with zero attached hydrogens (tertiary/aromatic N) is 1. The smallest absolute Gasteiger partial charge is 0.229 e. The van der Waals surface area contributed by atoms with Crippen molar-refractivity contribution in [3.63, 3.8) is 0 Å². The van der Waals surface area contributed by atoms with Crippen LogP contribution in [-0.2, 0) is 4.79 Å². The van der Waals surface area contributed by atoms with Crippen molar-refractivity contribution in [1.82, 2.24) is 4.98 Å². The summed E-state index contributed by atoms with van der Waals surface area (Å²) in [5.74, 6) is 1.14. The molecule has 122 valence electrons. The Morgan fingerprint density at radius 2 is 2.00 bits per heavy atom. The van der Waals surface area contributed by atoms with E-state index in [0.29, 0.717) is 11.7 Å². The van der Waals surface area contributed by atoms with E-state index in [1.54, 1.807) is 0 Å². The topological polar surface area (TPSA) is 51.2 Å². The van der Waals surface area contributed by atoms with Crippen molar-refractivity contribution < 1.29 is 9.53 Å². The Hall–Kier alpha value is -1.88. The number of amides is 1. The third-order valence-electron chi connectivity index (χ3n) is 4.17. The lowest BCUT2D eigenvalue weighted by molar-refractivity contribution is -0.120. The minimum Gasteiger partial charge on any atom is -0.494 e. The molecule has 3 rings (SSSR count). The molecule has 1 amide bonds. The number of carbonyl (C=O) groups is 1. The first-order chi connectivity index (χ1) is 11.3. The predicted octanol–water partition coefficient (Wildman–Crippen LogP) is 4.73. The second-order valence-corrected chi connectivity index (χ2v) is 6.68. The average molecular weight is 330 g/mol. The van der Waals surface area contributed by atoms with Gasteiger partial charge in [-0.1, -0.05) is 19.3 Å². The third kappa shape index (κ3) is 4.10. The number of nitrogens with one attached hydrogen (secondary N) is 1. The zero-order valence-electron chi connectivity index (χ0n) is 13.4. The lowest BCUT2D eigenvalue weighted by atomic mass is 9.89. The summed E-state index contributed by atoms with van der Waals surface area (Å²) in [5, 5.41) is 5.64. The quantitative estimate of drug-likeness (QED) is 0.862. The van der Waals surface area contributed by atoms with Crippen molar-refractivity contribution in [2.75, 3.05) is 11.9 Å². The Morgan fingerprint density at radius 1 is 1.26 bits per heavy atom. The second kappa shape index (κ2) is 7.59. The lowest BCUT2D eigenvalue weighted by Gasteiger charge is -2.19. The summed E-state index contributed by atoms with van der Waals surface area (Å²) < 4.78 is 5.45. The monoisotopic (exact) mass is 330 g/mol. The first kappa shape index (κ1) is 16.0. The Kier molecular flexibility index (Phi) is 5.28. The van der Waals surface area contributed by atoms with Gasteiger partial charge in [-0.15, -0.1) is 11.3 Å². The second-order valence-electron chi connectivity index (χ2n) is 5.82. The SMILES string of the molecule is CCOc1ccc(-c2csc(NC(=O)C3CCCCC3)n2)cc1. The van der Waals surface area contributed by atoms with Crippen molar-refractivity contribution in [1.29, 1.82) is 0 Å². The number of hydrogen-bond donors (Lipinski definition) is 1. The maximum Gasteiger partial charge on any atom is 0.229 e. The zero-order valence-corrected chi connectivity index (χ0v) is 14.2. The summed E-state index contributed by atoms with van der Waals surface area (Å²) in [4.78, 5) is 16.8. The maximum atomic E-state index is 12.3. The third-order valence-corrected chi connectivity index (χ3v) is 4.93. The molecule has 1 aliphatic carbocycles. The molecule has 1 aromatic carbocycles.